The van der Waals surface area contributed by atoms with Gasteiger partial charge >= 0.3 is 5.69 Å². The molecule has 0 aliphatic rings. The monoisotopic (exact) mass is 299 g/mol. The van der Waals surface area contributed by atoms with E-state index in [2.05, 4.69) is 5.32 Å². The predicted octanol–water partition coefficient (Wildman–Crippen LogP) is 1.33. The van der Waals surface area contributed by atoms with E-state index in [0.29, 0.717) is 12.3 Å². The molecule has 0 saturated heterocycles. The molecule has 6 heteroatoms. The number of hydrogen-bond donors (Lipinski definition) is 1. The Morgan fingerprint density at radius 1 is 1.18 bits per heavy atom. The van der Waals surface area contributed by atoms with Crippen molar-refractivity contribution in [1.29, 1.82) is 0 Å². The first-order valence-corrected chi connectivity index (χ1v) is 6.99. The Balaban J connectivity index is 1.75. The number of carbonyl (C=O) groups is 1. The summed E-state index contributed by atoms with van der Waals surface area (Å²) < 4.78 is 8.34. The minimum atomic E-state index is -0.0864. The predicted molar refractivity (Wildman–Crippen MR) is 82.4 cm³/mol. The fourth-order valence-electron chi connectivity index (χ4n) is 2.51. The van der Waals surface area contributed by atoms with Crippen molar-refractivity contribution < 1.29 is 9.21 Å². The maximum Gasteiger partial charge on any atom is 0.328 e. The van der Waals surface area contributed by atoms with Crippen LogP contribution in [0.3, 0.4) is 0 Å². The van der Waals surface area contributed by atoms with Crippen LogP contribution >= 0.6 is 0 Å². The van der Waals surface area contributed by atoms with Crippen LogP contribution in [0.4, 0.5) is 0 Å². The standard InChI is InChI=1S/C16H17N3O3/c1-18-13-6-5-11(8-14(13)19(2)16(18)21)9-15(20)17-10-12-4-3-7-22-12/h3-8H,9-10H2,1-2H3,(H,17,20). The Kier molecular flexibility index (Phi) is 3.58. The van der Waals surface area contributed by atoms with Crippen molar-refractivity contribution in [3.05, 3.63) is 58.4 Å². The second-order valence-electron chi connectivity index (χ2n) is 5.26. The molecule has 22 heavy (non-hydrogen) atoms. The average Bonchev–Trinajstić information content (AvgIpc) is 3.10. The Morgan fingerprint density at radius 3 is 2.68 bits per heavy atom. The minimum Gasteiger partial charge on any atom is -0.467 e. The summed E-state index contributed by atoms with van der Waals surface area (Å²) in [5.41, 5.74) is 2.47. The van der Waals surface area contributed by atoms with Gasteiger partial charge in [0.1, 0.15) is 5.76 Å². The molecular formula is C16H17N3O3. The van der Waals surface area contributed by atoms with E-state index in [4.69, 9.17) is 4.42 Å². The van der Waals surface area contributed by atoms with Crippen molar-refractivity contribution >= 4 is 16.9 Å². The molecule has 2 aromatic heterocycles. The van der Waals surface area contributed by atoms with Crippen LogP contribution < -0.4 is 11.0 Å². The van der Waals surface area contributed by atoms with E-state index in [1.165, 1.54) is 0 Å². The van der Waals surface area contributed by atoms with Gasteiger partial charge in [0.15, 0.2) is 0 Å². The minimum absolute atomic E-state index is 0.0746. The maximum atomic E-state index is 12.0. The molecule has 1 N–H and O–H groups in total. The largest absolute Gasteiger partial charge is 0.467 e. The highest BCUT2D eigenvalue weighted by molar-refractivity contribution is 5.82. The van der Waals surface area contributed by atoms with Gasteiger partial charge < -0.3 is 9.73 Å². The third-order valence-corrected chi connectivity index (χ3v) is 3.74. The van der Waals surface area contributed by atoms with Crippen molar-refractivity contribution in [3.8, 4) is 0 Å². The molecule has 0 unspecified atom stereocenters. The zero-order chi connectivity index (χ0) is 15.7. The van der Waals surface area contributed by atoms with Gasteiger partial charge in [-0.25, -0.2) is 4.79 Å². The Morgan fingerprint density at radius 2 is 1.95 bits per heavy atom. The lowest BCUT2D eigenvalue weighted by atomic mass is 10.1. The van der Waals surface area contributed by atoms with Gasteiger partial charge in [-0.3, -0.25) is 13.9 Å². The molecule has 0 spiro atoms. The van der Waals surface area contributed by atoms with Gasteiger partial charge in [0.25, 0.3) is 0 Å². The van der Waals surface area contributed by atoms with Crippen molar-refractivity contribution in [1.82, 2.24) is 14.5 Å². The number of hydrogen-bond acceptors (Lipinski definition) is 3. The number of aromatic nitrogens is 2. The van der Waals surface area contributed by atoms with Crippen LogP contribution in [0.5, 0.6) is 0 Å². The normalized spacial score (nSPS) is 11.0. The molecule has 0 radical (unpaired) electrons. The number of amides is 1. The number of rotatable bonds is 4. The maximum absolute atomic E-state index is 12.0. The van der Waals surface area contributed by atoms with Crippen LogP contribution in [0.1, 0.15) is 11.3 Å². The fraction of sp³-hybridized carbons (Fsp3) is 0.250. The summed E-state index contributed by atoms with van der Waals surface area (Å²) >= 11 is 0. The van der Waals surface area contributed by atoms with E-state index in [9.17, 15) is 9.59 Å². The summed E-state index contributed by atoms with van der Waals surface area (Å²) in [7, 11) is 3.46. The van der Waals surface area contributed by atoms with Gasteiger partial charge in [-0.05, 0) is 29.8 Å². The quantitative estimate of drug-likeness (QED) is 0.790. The first-order chi connectivity index (χ1) is 10.6. The third-order valence-electron chi connectivity index (χ3n) is 3.74. The Hall–Kier alpha value is -2.76. The highest BCUT2D eigenvalue weighted by atomic mass is 16.3. The van der Waals surface area contributed by atoms with Gasteiger partial charge in [0, 0.05) is 14.1 Å². The van der Waals surface area contributed by atoms with Gasteiger partial charge in [0.2, 0.25) is 5.91 Å². The lowest BCUT2D eigenvalue weighted by molar-refractivity contribution is -0.120. The molecule has 0 fully saturated rings. The number of fused-ring (bicyclic) bond motifs is 1. The number of nitrogens with zero attached hydrogens (tertiary/aromatic N) is 2. The van der Waals surface area contributed by atoms with E-state index in [-0.39, 0.29) is 18.0 Å². The van der Waals surface area contributed by atoms with Crippen LogP contribution in [0, 0.1) is 0 Å². The summed E-state index contributed by atoms with van der Waals surface area (Å²) in [4.78, 5) is 23.9. The molecule has 3 aromatic rings. The van der Waals surface area contributed by atoms with Gasteiger partial charge in [-0.15, -0.1) is 0 Å². The number of benzene rings is 1. The SMILES string of the molecule is Cn1c(=O)n(C)c2cc(CC(=O)NCc3ccco3)ccc21. The van der Waals surface area contributed by atoms with E-state index >= 15 is 0 Å². The van der Waals surface area contributed by atoms with Gasteiger partial charge in [-0.2, -0.15) is 0 Å². The second-order valence-corrected chi connectivity index (χ2v) is 5.26. The van der Waals surface area contributed by atoms with Crippen LogP contribution in [0.2, 0.25) is 0 Å². The average molecular weight is 299 g/mol. The molecule has 3 rings (SSSR count). The molecule has 2 heterocycles. The molecule has 6 nitrogen and oxygen atoms in total. The highest BCUT2D eigenvalue weighted by Crippen LogP contribution is 2.14. The molecule has 0 aliphatic heterocycles. The van der Waals surface area contributed by atoms with E-state index < -0.39 is 0 Å². The smallest absolute Gasteiger partial charge is 0.328 e. The zero-order valence-corrected chi connectivity index (χ0v) is 12.5. The van der Waals surface area contributed by atoms with Gasteiger partial charge in [0.05, 0.1) is 30.3 Å². The zero-order valence-electron chi connectivity index (χ0n) is 12.5. The Bertz CT molecular complexity index is 872. The Labute approximate surface area is 127 Å². The van der Waals surface area contributed by atoms with Crippen molar-refractivity contribution in [2.75, 3.05) is 0 Å². The van der Waals surface area contributed by atoms with Crippen molar-refractivity contribution in [2.24, 2.45) is 14.1 Å². The summed E-state index contributed by atoms with van der Waals surface area (Å²) in [6.07, 6.45) is 1.84. The fourth-order valence-corrected chi connectivity index (χ4v) is 2.51. The third kappa shape index (κ3) is 2.55. The first-order valence-electron chi connectivity index (χ1n) is 6.99. The topological polar surface area (TPSA) is 69.2 Å². The molecule has 0 bridgehead atoms. The molecule has 1 amide bonds. The van der Waals surface area contributed by atoms with Gasteiger partial charge in [-0.1, -0.05) is 6.07 Å². The van der Waals surface area contributed by atoms with E-state index in [0.717, 1.165) is 16.6 Å². The van der Waals surface area contributed by atoms with E-state index in [1.54, 1.807) is 35.6 Å². The molecular weight excluding hydrogens is 282 g/mol. The van der Waals surface area contributed by atoms with Crippen LogP contribution in [0.25, 0.3) is 11.0 Å². The molecule has 114 valence electrons. The van der Waals surface area contributed by atoms with E-state index in [1.807, 2.05) is 24.3 Å². The summed E-state index contributed by atoms with van der Waals surface area (Å²) in [6, 6.07) is 9.21. The van der Waals surface area contributed by atoms with Crippen molar-refractivity contribution in [3.63, 3.8) is 0 Å². The summed E-state index contributed by atoms with van der Waals surface area (Å²) in [5, 5.41) is 2.81. The summed E-state index contributed by atoms with van der Waals surface area (Å²) in [6.45, 7) is 0.373. The lowest BCUT2D eigenvalue weighted by Crippen LogP contribution is -2.24. The number of imidazole rings is 1. The van der Waals surface area contributed by atoms with Crippen LogP contribution in [-0.4, -0.2) is 15.0 Å². The number of carbonyl (C=O) groups excluding carboxylic acids is 1. The van der Waals surface area contributed by atoms with Crippen molar-refractivity contribution in [2.45, 2.75) is 13.0 Å². The molecule has 0 atom stereocenters. The lowest BCUT2D eigenvalue weighted by Gasteiger charge is -2.04. The first kappa shape index (κ1) is 14.2. The molecule has 0 saturated carbocycles. The number of nitrogens with one attached hydrogen (secondary N) is 1. The van der Waals surface area contributed by atoms with Crippen LogP contribution in [0.15, 0.2) is 45.8 Å². The molecule has 1 aromatic carbocycles. The highest BCUT2D eigenvalue weighted by Gasteiger charge is 2.10. The van der Waals surface area contributed by atoms with Crippen LogP contribution in [-0.2, 0) is 31.9 Å². The number of furan rings is 1. The number of aryl methyl sites for hydroxylation is 2. The molecule has 0 aliphatic carbocycles. The second kappa shape index (κ2) is 5.55. The summed E-state index contributed by atoms with van der Waals surface area (Å²) in [5.74, 6) is 0.630.